The normalized spacial score (nSPS) is 17.0. The van der Waals surface area contributed by atoms with E-state index in [-0.39, 0.29) is 41.3 Å². The third-order valence-corrected chi connectivity index (χ3v) is 9.19. The van der Waals surface area contributed by atoms with Gasteiger partial charge in [-0.2, -0.15) is 0 Å². The zero-order valence-electron chi connectivity index (χ0n) is 23.0. The lowest BCUT2D eigenvalue weighted by molar-refractivity contribution is -0.121. The van der Waals surface area contributed by atoms with Crippen molar-refractivity contribution in [3.63, 3.8) is 0 Å². The molecule has 6 nitrogen and oxygen atoms in total. The van der Waals surface area contributed by atoms with Gasteiger partial charge in [0, 0.05) is 47.8 Å². The van der Waals surface area contributed by atoms with Crippen molar-refractivity contribution in [1.29, 1.82) is 0 Å². The predicted octanol–water partition coefficient (Wildman–Crippen LogP) is 6.17. The molecule has 1 aromatic heterocycles. The Hall–Kier alpha value is -4.29. The van der Waals surface area contributed by atoms with E-state index in [9.17, 15) is 19.2 Å². The Balaban J connectivity index is 1.32. The van der Waals surface area contributed by atoms with Crippen LogP contribution in [0.2, 0.25) is 5.02 Å². The second-order valence-electron chi connectivity index (χ2n) is 12.0. The van der Waals surface area contributed by atoms with Crippen LogP contribution >= 0.6 is 11.6 Å². The van der Waals surface area contributed by atoms with Gasteiger partial charge in [0.15, 0.2) is 11.6 Å². The molecular formula is C35H29ClN2O4. The molecular weight excluding hydrogens is 548 g/mol. The van der Waals surface area contributed by atoms with Gasteiger partial charge in [-0.15, -0.1) is 0 Å². The van der Waals surface area contributed by atoms with Crippen LogP contribution in [0.1, 0.15) is 57.9 Å². The van der Waals surface area contributed by atoms with E-state index < -0.39 is 6.04 Å². The second-order valence-corrected chi connectivity index (χ2v) is 12.4. The molecule has 3 aromatic carbocycles. The van der Waals surface area contributed by atoms with Crippen LogP contribution in [0.3, 0.4) is 0 Å². The summed E-state index contributed by atoms with van der Waals surface area (Å²) in [5.41, 5.74) is 5.86. The zero-order chi connectivity index (χ0) is 29.0. The summed E-state index contributed by atoms with van der Waals surface area (Å²) in [6, 6.07) is 21.5. The number of carbonyl (C=O) groups excluding carboxylic acids is 3. The van der Waals surface area contributed by atoms with Gasteiger partial charge in [-0.25, -0.2) is 0 Å². The highest BCUT2D eigenvalue weighted by Gasteiger charge is 2.46. The van der Waals surface area contributed by atoms with Gasteiger partial charge in [0.05, 0.1) is 12.5 Å². The van der Waals surface area contributed by atoms with Crippen LogP contribution < -0.4 is 10.9 Å². The van der Waals surface area contributed by atoms with Crippen molar-refractivity contribution >= 4 is 34.8 Å². The molecule has 42 heavy (non-hydrogen) atoms. The van der Waals surface area contributed by atoms with E-state index >= 15 is 0 Å². The van der Waals surface area contributed by atoms with Gasteiger partial charge < -0.3 is 9.88 Å². The fraction of sp³-hybridized carbons (Fsp3) is 0.257. The summed E-state index contributed by atoms with van der Waals surface area (Å²) >= 11 is 6.40. The van der Waals surface area contributed by atoms with E-state index in [0.717, 1.165) is 52.8 Å². The molecule has 1 aliphatic heterocycles. The van der Waals surface area contributed by atoms with E-state index in [2.05, 4.69) is 5.32 Å². The van der Waals surface area contributed by atoms with Crippen LogP contribution in [0, 0.1) is 5.41 Å². The molecule has 2 heterocycles. The minimum Gasteiger partial charge on any atom is -0.326 e. The van der Waals surface area contributed by atoms with Crippen LogP contribution in [-0.4, -0.2) is 22.0 Å². The van der Waals surface area contributed by atoms with Crippen molar-refractivity contribution in [2.24, 2.45) is 5.41 Å². The number of pyridine rings is 1. The van der Waals surface area contributed by atoms with Gasteiger partial charge >= 0.3 is 0 Å². The fourth-order valence-corrected chi connectivity index (χ4v) is 6.71. The summed E-state index contributed by atoms with van der Waals surface area (Å²) in [5.74, 6) is -0.217. The maximum Gasteiger partial charge on any atom is 0.251 e. The summed E-state index contributed by atoms with van der Waals surface area (Å²) in [4.78, 5) is 53.5. The SMILES string of the molecule is O=C1Cc2cc(CC(=O)C(Cc3ccccc3)n3cc4c(cc3=O)-c3cc(Cl)ccc3CC3(CC3)CC4=O)ccc2N1. The molecule has 4 aromatic rings. The fourth-order valence-electron chi connectivity index (χ4n) is 6.54. The summed E-state index contributed by atoms with van der Waals surface area (Å²) in [7, 11) is 0. The first-order chi connectivity index (χ1) is 20.3. The van der Waals surface area contributed by atoms with Gasteiger partial charge in [-0.3, -0.25) is 19.2 Å². The molecule has 210 valence electrons. The molecule has 1 atom stereocenters. The standard InChI is InChI=1S/C35H29ClN2O4/c36-25-8-7-23-18-35(10-11-35)19-32(40)28-20-38(34(42)17-27(28)26(23)16-25)30(13-21-4-2-1-3-5-21)31(39)14-22-6-9-29-24(12-22)15-33(41)37-29/h1-9,12,16-17,20,30H,10-11,13-15,18-19H2,(H,37,41). The van der Waals surface area contributed by atoms with Gasteiger partial charge in [0.25, 0.3) is 5.56 Å². The number of fused-ring (bicyclic) bond motifs is 4. The number of hydrogen-bond donors (Lipinski definition) is 1. The third-order valence-electron chi connectivity index (χ3n) is 8.95. The van der Waals surface area contributed by atoms with Gasteiger partial charge in [-0.05, 0) is 76.3 Å². The van der Waals surface area contributed by atoms with E-state index in [0.29, 0.717) is 29.0 Å². The molecule has 7 rings (SSSR count). The third kappa shape index (κ3) is 5.01. The topological polar surface area (TPSA) is 85.2 Å². The number of rotatable bonds is 6. The number of nitrogens with one attached hydrogen (secondary N) is 1. The van der Waals surface area contributed by atoms with Crippen molar-refractivity contribution in [3.05, 3.63) is 122 Å². The first-order valence-electron chi connectivity index (χ1n) is 14.3. The smallest absolute Gasteiger partial charge is 0.251 e. The Morgan fingerprint density at radius 2 is 1.67 bits per heavy atom. The molecule has 0 bridgehead atoms. The predicted molar refractivity (Wildman–Crippen MR) is 162 cm³/mol. The summed E-state index contributed by atoms with van der Waals surface area (Å²) in [6.07, 6.45) is 5.48. The highest BCUT2D eigenvalue weighted by atomic mass is 35.5. The lowest BCUT2D eigenvalue weighted by atomic mass is 9.81. The van der Waals surface area contributed by atoms with E-state index in [1.54, 1.807) is 6.20 Å². The Bertz CT molecular complexity index is 1840. The van der Waals surface area contributed by atoms with Crippen molar-refractivity contribution in [1.82, 2.24) is 4.57 Å². The minimum atomic E-state index is -0.815. The van der Waals surface area contributed by atoms with E-state index in [1.807, 2.05) is 66.7 Å². The average molecular weight is 577 g/mol. The van der Waals surface area contributed by atoms with Crippen LogP contribution in [0.15, 0.2) is 83.8 Å². The Morgan fingerprint density at radius 3 is 2.45 bits per heavy atom. The number of anilines is 1. The summed E-state index contributed by atoms with van der Waals surface area (Å²) < 4.78 is 1.45. The Morgan fingerprint density at radius 1 is 0.857 bits per heavy atom. The average Bonchev–Trinajstić information content (AvgIpc) is 3.61. The zero-order valence-corrected chi connectivity index (χ0v) is 23.7. The molecule has 1 fully saturated rings. The number of Topliss-reactive ketones (excluding diaryl/α,β-unsaturated/α-hetero) is 2. The number of benzene rings is 3. The van der Waals surface area contributed by atoms with Crippen LogP contribution in [0.25, 0.3) is 11.1 Å². The monoisotopic (exact) mass is 576 g/mol. The van der Waals surface area contributed by atoms with Crippen molar-refractivity contribution in [2.75, 3.05) is 5.32 Å². The summed E-state index contributed by atoms with van der Waals surface area (Å²) in [6.45, 7) is 0. The molecule has 1 amide bonds. The summed E-state index contributed by atoms with van der Waals surface area (Å²) in [5, 5.41) is 3.37. The lowest BCUT2D eigenvalue weighted by Crippen LogP contribution is -2.33. The molecule has 0 radical (unpaired) electrons. The maximum atomic E-state index is 14.0. The van der Waals surface area contributed by atoms with Crippen LogP contribution in [0.5, 0.6) is 0 Å². The molecule has 2 aliphatic carbocycles. The minimum absolute atomic E-state index is 0.0106. The Labute approximate surface area is 248 Å². The van der Waals surface area contributed by atoms with Crippen LogP contribution in [-0.2, 0) is 35.3 Å². The van der Waals surface area contributed by atoms with Crippen LogP contribution in [0.4, 0.5) is 5.69 Å². The molecule has 3 aliphatic rings. The number of ketones is 2. The lowest BCUT2D eigenvalue weighted by Gasteiger charge is -2.25. The number of nitrogens with zero attached hydrogens (tertiary/aromatic N) is 1. The van der Waals surface area contributed by atoms with Crippen molar-refractivity contribution in [2.45, 2.75) is 51.0 Å². The molecule has 0 saturated heterocycles. The highest BCUT2D eigenvalue weighted by Crippen LogP contribution is 2.54. The number of amides is 1. The maximum absolute atomic E-state index is 14.0. The number of aromatic nitrogens is 1. The van der Waals surface area contributed by atoms with Gasteiger partial charge in [0.2, 0.25) is 5.91 Å². The van der Waals surface area contributed by atoms with Gasteiger partial charge in [0.1, 0.15) is 0 Å². The number of hydrogen-bond acceptors (Lipinski definition) is 4. The second kappa shape index (κ2) is 10.2. The number of halogens is 1. The van der Waals surface area contributed by atoms with Gasteiger partial charge in [-0.1, -0.05) is 60.1 Å². The molecule has 1 unspecified atom stereocenters. The van der Waals surface area contributed by atoms with Crippen molar-refractivity contribution < 1.29 is 14.4 Å². The first-order valence-corrected chi connectivity index (χ1v) is 14.7. The molecule has 7 heteroatoms. The highest BCUT2D eigenvalue weighted by molar-refractivity contribution is 6.31. The van der Waals surface area contributed by atoms with E-state index in [1.165, 1.54) is 10.6 Å². The van der Waals surface area contributed by atoms with E-state index in [4.69, 9.17) is 11.6 Å². The quantitative estimate of drug-likeness (QED) is 0.297. The first kappa shape index (κ1) is 26.6. The Kier molecular flexibility index (Phi) is 6.47. The van der Waals surface area contributed by atoms with Crippen molar-refractivity contribution in [3.8, 4) is 11.1 Å². The number of carbonyl (C=O) groups is 3. The molecule has 1 spiro atoms. The largest absolute Gasteiger partial charge is 0.326 e. The molecule has 1 saturated carbocycles. The molecule has 1 N–H and O–H groups in total.